The number of fused-ring (bicyclic) bond motifs is 2. The molecule has 4 N–H and O–H groups in total. The largest absolute Gasteiger partial charge is 0.490 e. The van der Waals surface area contributed by atoms with E-state index in [1.807, 2.05) is 13.1 Å². The van der Waals surface area contributed by atoms with Crippen molar-refractivity contribution in [3.05, 3.63) is 45.9 Å². The SMILES string of the molecule is Cc1ncc2c(c1-c1noc(CCc3n[nH]c4c3CCCC4)n1)CCNC2.O=C(O)C(F)(F)F.O=C(O)C(F)(F)F. The Labute approximate surface area is 228 Å². The molecular formula is C24H26F6N6O5. The van der Waals surface area contributed by atoms with Gasteiger partial charge in [0.25, 0.3) is 0 Å². The summed E-state index contributed by atoms with van der Waals surface area (Å²) in [5.41, 5.74) is 8.42. The molecule has 0 saturated carbocycles. The number of hydrogen-bond acceptors (Lipinski definition) is 8. The van der Waals surface area contributed by atoms with E-state index >= 15 is 0 Å². The highest BCUT2D eigenvalue weighted by Crippen LogP contribution is 2.29. The molecule has 11 nitrogen and oxygen atoms in total. The van der Waals surface area contributed by atoms with E-state index in [-0.39, 0.29) is 0 Å². The lowest BCUT2D eigenvalue weighted by Gasteiger charge is -2.19. The van der Waals surface area contributed by atoms with Gasteiger partial charge in [0.15, 0.2) is 0 Å². The first-order valence-corrected chi connectivity index (χ1v) is 12.3. The van der Waals surface area contributed by atoms with E-state index in [0.717, 1.165) is 55.7 Å². The third-order valence-electron chi connectivity index (χ3n) is 6.23. The number of alkyl halides is 6. The molecule has 5 rings (SSSR count). The number of nitrogens with one attached hydrogen (secondary N) is 2. The monoisotopic (exact) mass is 592 g/mol. The number of carbonyl (C=O) groups is 2. The molecule has 0 amide bonds. The molecule has 1 aliphatic carbocycles. The van der Waals surface area contributed by atoms with Crippen LogP contribution in [0.3, 0.4) is 0 Å². The van der Waals surface area contributed by atoms with Crippen LogP contribution in [0.15, 0.2) is 10.7 Å². The molecule has 0 bridgehead atoms. The third-order valence-corrected chi connectivity index (χ3v) is 6.23. The average Bonchev–Trinajstić information content (AvgIpc) is 3.54. The lowest BCUT2D eigenvalue weighted by Crippen LogP contribution is -2.24. The Morgan fingerprint density at radius 3 is 2.24 bits per heavy atom. The Morgan fingerprint density at radius 1 is 0.976 bits per heavy atom. The van der Waals surface area contributed by atoms with Gasteiger partial charge in [-0.05, 0) is 62.3 Å². The Kier molecular flexibility index (Phi) is 10.1. The van der Waals surface area contributed by atoms with E-state index in [4.69, 9.17) is 24.3 Å². The van der Waals surface area contributed by atoms with Crippen molar-refractivity contribution in [1.29, 1.82) is 0 Å². The summed E-state index contributed by atoms with van der Waals surface area (Å²) in [7, 11) is 0. The first kappa shape index (κ1) is 31.5. The van der Waals surface area contributed by atoms with Gasteiger partial charge in [0.05, 0.1) is 5.69 Å². The van der Waals surface area contributed by atoms with Crippen LogP contribution in [0.5, 0.6) is 0 Å². The maximum absolute atomic E-state index is 10.6. The maximum Gasteiger partial charge on any atom is 0.490 e. The van der Waals surface area contributed by atoms with Gasteiger partial charge in [0, 0.05) is 42.5 Å². The van der Waals surface area contributed by atoms with Crippen LogP contribution in [-0.4, -0.2) is 66.4 Å². The molecule has 0 spiro atoms. The third kappa shape index (κ3) is 8.48. The van der Waals surface area contributed by atoms with Crippen molar-refractivity contribution in [2.75, 3.05) is 6.54 Å². The fraction of sp³-hybridized carbons (Fsp3) is 0.500. The molecule has 1 aliphatic heterocycles. The van der Waals surface area contributed by atoms with Crippen molar-refractivity contribution < 1.29 is 50.7 Å². The number of aromatic amines is 1. The van der Waals surface area contributed by atoms with Gasteiger partial charge in [-0.1, -0.05) is 5.16 Å². The summed E-state index contributed by atoms with van der Waals surface area (Å²) in [6.07, 6.45) is -0.927. The number of aromatic nitrogens is 5. The van der Waals surface area contributed by atoms with Crippen molar-refractivity contribution in [2.45, 2.75) is 70.8 Å². The number of nitrogens with zero attached hydrogens (tertiary/aromatic N) is 4. The molecule has 0 saturated heterocycles. The highest BCUT2D eigenvalue weighted by molar-refractivity contribution is 5.73. The summed E-state index contributed by atoms with van der Waals surface area (Å²) in [5.74, 6) is -4.18. The molecular weight excluding hydrogens is 566 g/mol. The minimum atomic E-state index is -5.08. The molecule has 3 aromatic rings. The van der Waals surface area contributed by atoms with Crippen molar-refractivity contribution in [3.8, 4) is 11.4 Å². The van der Waals surface area contributed by atoms with Gasteiger partial charge in [-0.3, -0.25) is 10.1 Å². The highest BCUT2D eigenvalue weighted by Gasteiger charge is 2.38. The Morgan fingerprint density at radius 2 is 1.61 bits per heavy atom. The number of rotatable bonds is 4. The van der Waals surface area contributed by atoms with Crippen LogP contribution in [0, 0.1) is 6.92 Å². The molecule has 224 valence electrons. The highest BCUT2D eigenvalue weighted by atomic mass is 19.4. The van der Waals surface area contributed by atoms with Gasteiger partial charge >= 0.3 is 24.3 Å². The second kappa shape index (κ2) is 13.1. The lowest BCUT2D eigenvalue weighted by molar-refractivity contribution is -0.193. The summed E-state index contributed by atoms with van der Waals surface area (Å²) in [4.78, 5) is 27.0. The van der Waals surface area contributed by atoms with Crippen molar-refractivity contribution in [1.82, 2.24) is 30.6 Å². The molecule has 0 unspecified atom stereocenters. The summed E-state index contributed by atoms with van der Waals surface area (Å²) in [6, 6.07) is 0. The fourth-order valence-corrected chi connectivity index (χ4v) is 4.31. The second-order valence-electron chi connectivity index (χ2n) is 9.10. The zero-order valence-electron chi connectivity index (χ0n) is 21.6. The van der Waals surface area contributed by atoms with Crippen molar-refractivity contribution in [2.24, 2.45) is 0 Å². The first-order valence-electron chi connectivity index (χ1n) is 12.3. The van der Waals surface area contributed by atoms with Crippen LogP contribution in [0.25, 0.3) is 11.4 Å². The van der Waals surface area contributed by atoms with E-state index in [2.05, 4.69) is 30.6 Å². The molecule has 0 atom stereocenters. The number of carboxylic acids is 2. The zero-order chi connectivity index (χ0) is 30.4. The fourth-order valence-electron chi connectivity index (χ4n) is 4.31. The normalized spacial score (nSPS) is 14.5. The summed E-state index contributed by atoms with van der Waals surface area (Å²) < 4.78 is 69.0. The lowest BCUT2D eigenvalue weighted by atomic mass is 9.94. The first-order chi connectivity index (χ1) is 19.2. The van der Waals surface area contributed by atoms with E-state index in [1.54, 1.807) is 0 Å². The van der Waals surface area contributed by atoms with Crippen LogP contribution in [0.4, 0.5) is 26.3 Å². The zero-order valence-corrected chi connectivity index (χ0v) is 21.6. The van der Waals surface area contributed by atoms with Gasteiger partial charge in [-0.2, -0.15) is 36.4 Å². The topological polar surface area (TPSA) is 167 Å². The summed E-state index contributed by atoms with van der Waals surface area (Å²) in [6.45, 7) is 3.84. The predicted octanol–water partition coefficient (Wildman–Crippen LogP) is 3.74. The maximum atomic E-state index is 10.6. The Balaban J connectivity index is 0.000000276. The van der Waals surface area contributed by atoms with Crippen LogP contribution in [0.2, 0.25) is 0 Å². The number of carboxylic acid groups (broad SMARTS) is 2. The van der Waals surface area contributed by atoms with Crippen LogP contribution in [-0.2, 0) is 48.2 Å². The molecule has 2 aliphatic rings. The number of hydrogen-bond donors (Lipinski definition) is 4. The second-order valence-corrected chi connectivity index (χ2v) is 9.10. The van der Waals surface area contributed by atoms with E-state index in [0.29, 0.717) is 18.1 Å². The van der Waals surface area contributed by atoms with E-state index < -0.39 is 24.3 Å². The number of aryl methyl sites for hydroxylation is 4. The summed E-state index contributed by atoms with van der Waals surface area (Å²) in [5, 5.41) is 29.6. The molecule has 17 heteroatoms. The number of H-pyrrole nitrogens is 1. The molecule has 3 aromatic heterocycles. The Bertz CT molecular complexity index is 1340. The minimum absolute atomic E-state index is 0.665. The quantitative estimate of drug-likeness (QED) is 0.328. The van der Waals surface area contributed by atoms with Crippen LogP contribution >= 0.6 is 0 Å². The van der Waals surface area contributed by atoms with Crippen molar-refractivity contribution >= 4 is 11.9 Å². The standard InChI is InChI=1S/C20H24N6O.2C2HF3O2/c1-12-19(14-8-9-21-10-13(14)11-22-12)20-23-18(27-26-20)7-6-17-15-4-2-3-5-16(15)24-25-17;2*3-2(4,5)1(6)7/h11,21H,2-10H2,1H3,(H,24,25);2*(H,6,7). The number of halogens is 6. The molecule has 41 heavy (non-hydrogen) atoms. The molecule has 0 radical (unpaired) electrons. The average molecular weight is 592 g/mol. The predicted molar refractivity (Wildman–Crippen MR) is 128 cm³/mol. The van der Waals surface area contributed by atoms with Gasteiger partial charge < -0.3 is 20.1 Å². The Hall–Kier alpha value is -4.02. The minimum Gasteiger partial charge on any atom is -0.475 e. The van der Waals surface area contributed by atoms with Crippen LogP contribution in [0.1, 0.15) is 52.5 Å². The van der Waals surface area contributed by atoms with E-state index in [1.165, 1.54) is 35.2 Å². The van der Waals surface area contributed by atoms with Gasteiger partial charge in [-0.15, -0.1) is 0 Å². The van der Waals surface area contributed by atoms with Crippen LogP contribution < -0.4 is 5.32 Å². The smallest absolute Gasteiger partial charge is 0.475 e. The van der Waals surface area contributed by atoms with Gasteiger partial charge in [0.2, 0.25) is 11.7 Å². The van der Waals surface area contributed by atoms with E-state index in [9.17, 15) is 26.3 Å². The number of aliphatic carboxylic acids is 2. The molecule has 0 fully saturated rings. The molecule has 4 heterocycles. The van der Waals surface area contributed by atoms with Gasteiger partial charge in [0.1, 0.15) is 0 Å². The summed E-state index contributed by atoms with van der Waals surface area (Å²) >= 11 is 0. The number of pyridine rings is 1. The van der Waals surface area contributed by atoms with Crippen molar-refractivity contribution in [3.63, 3.8) is 0 Å². The molecule has 0 aromatic carbocycles. The van der Waals surface area contributed by atoms with Gasteiger partial charge in [-0.25, -0.2) is 9.59 Å².